The zero-order chi connectivity index (χ0) is 12.7. The average molecular weight is 242 g/mol. The van der Waals surface area contributed by atoms with Gasteiger partial charge in [0.25, 0.3) is 0 Å². The van der Waals surface area contributed by atoms with Gasteiger partial charge in [0.1, 0.15) is 17.1 Å². The van der Waals surface area contributed by atoms with Crippen LogP contribution in [-0.4, -0.2) is 20.5 Å². The number of aryl methyl sites for hydroxylation is 1. The van der Waals surface area contributed by atoms with E-state index in [1.165, 1.54) is 12.1 Å². The first kappa shape index (κ1) is 10.6. The van der Waals surface area contributed by atoms with E-state index in [1.807, 2.05) is 19.1 Å². The van der Waals surface area contributed by atoms with E-state index in [1.54, 1.807) is 16.8 Å². The molecule has 0 amide bonds. The highest BCUT2D eigenvalue weighted by molar-refractivity contribution is 5.88. The number of imidazole rings is 1. The quantitative estimate of drug-likeness (QED) is 0.750. The smallest absolute Gasteiger partial charge is 0.335 e. The lowest BCUT2D eigenvalue weighted by Crippen LogP contribution is -1.96. The molecule has 0 aliphatic rings. The van der Waals surface area contributed by atoms with Crippen LogP contribution in [0.25, 0.3) is 17.1 Å². The van der Waals surface area contributed by atoms with Gasteiger partial charge in [-0.1, -0.05) is 0 Å². The van der Waals surface area contributed by atoms with Gasteiger partial charge in [0.05, 0.1) is 5.56 Å². The summed E-state index contributed by atoms with van der Waals surface area (Å²) in [6.07, 6.45) is 3.48. The number of rotatable bonds is 2. The van der Waals surface area contributed by atoms with Crippen LogP contribution in [0.4, 0.5) is 0 Å². The van der Waals surface area contributed by atoms with Gasteiger partial charge in [-0.3, -0.25) is 0 Å². The molecule has 0 saturated heterocycles. The number of carbonyl (C=O) groups is 1. The number of nitrogens with zero attached hydrogens (tertiary/aromatic N) is 2. The van der Waals surface area contributed by atoms with E-state index in [4.69, 9.17) is 9.52 Å². The fraction of sp³-hybridized carbons (Fsp3) is 0.0769. The maximum atomic E-state index is 10.9. The van der Waals surface area contributed by atoms with Crippen LogP contribution in [0, 0.1) is 6.92 Å². The molecule has 0 radical (unpaired) electrons. The van der Waals surface area contributed by atoms with Crippen LogP contribution in [-0.2, 0) is 0 Å². The summed E-state index contributed by atoms with van der Waals surface area (Å²) in [7, 11) is 0. The minimum Gasteiger partial charge on any atom is -0.478 e. The van der Waals surface area contributed by atoms with Crippen LogP contribution in [0.3, 0.4) is 0 Å². The van der Waals surface area contributed by atoms with Gasteiger partial charge < -0.3 is 13.9 Å². The number of carboxylic acids is 1. The molecule has 0 bridgehead atoms. The third kappa shape index (κ3) is 1.66. The second kappa shape index (κ2) is 3.73. The fourth-order valence-electron chi connectivity index (χ4n) is 1.81. The molecule has 3 heterocycles. The van der Waals surface area contributed by atoms with Gasteiger partial charge in [-0.2, -0.15) is 0 Å². The Morgan fingerprint density at radius 2 is 2.22 bits per heavy atom. The number of aromatic nitrogens is 2. The molecule has 3 rings (SSSR count). The molecule has 5 nitrogen and oxygen atoms in total. The molecule has 3 aromatic heterocycles. The van der Waals surface area contributed by atoms with Crippen LogP contribution < -0.4 is 0 Å². The SMILES string of the molecule is Cc1ccc(-c2cn3ccc(C(=O)O)cc3n2)o1. The summed E-state index contributed by atoms with van der Waals surface area (Å²) in [6.45, 7) is 1.86. The Balaban J connectivity index is 2.13. The van der Waals surface area contributed by atoms with Crippen LogP contribution in [0.2, 0.25) is 0 Å². The van der Waals surface area contributed by atoms with Crippen molar-refractivity contribution in [2.24, 2.45) is 0 Å². The summed E-state index contributed by atoms with van der Waals surface area (Å²) < 4.78 is 7.25. The van der Waals surface area contributed by atoms with Gasteiger partial charge in [0.15, 0.2) is 5.76 Å². The third-order valence-electron chi connectivity index (χ3n) is 2.70. The second-order valence-electron chi connectivity index (χ2n) is 4.02. The van der Waals surface area contributed by atoms with Crippen LogP contribution >= 0.6 is 0 Å². The molecule has 0 atom stereocenters. The number of furan rings is 1. The Hall–Kier alpha value is -2.56. The van der Waals surface area contributed by atoms with Gasteiger partial charge in [-0.15, -0.1) is 0 Å². The van der Waals surface area contributed by atoms with Gasteiger partial charge in [0.2, 0.25) is 0 Å². The number of fused-ring (bicyclic) bond motifs is 1. The second-order valence-corrected chi connectivity index (χ2v) is 4.02. The lowest BCUT2D eigenvalue weighted by molar-refractivity contribution is 0.0697. The number of hydrogen-bond acceptors (Lipinski definition) is 3. The van der Waals surface area contributed by atoms with E-state index < -0.39 is 5.97 Å². The summed E-state index contributed by atoms with van der Waals surface area (Å²) in [5.41, 5.74) is 1.49. The highest BCUT2D eigenvalue weighted by Crippen LogP contribution is 2.21. The molecule has 0 aromatic carbocycles. The maximum absolute atomic E-state index is 10.9. The first-order valence-electron chi connectivity index (χ1n) is 5.42. The topological polar surface area (TPSA) is 67.7 Å². The van der Waals surface area contributed by atoms with E-state index in [0.717, 1.165) is 5.76 Å². The Kier molecular flexibility index (Phi) is 2.19. The molecule has 18 heavy (non-hydrogen) atoms. The van der Waals surface area contributed by atoms with E-state index in [9.17, 15) is 4.79 Å². The summed E-state index contributed by atoms with van der Waals surface area (Å²) in [5, 5.41) is 8.92. The van der Waals surface area contributed by atoms with Crippen molar-refractivity contribution in [1.29, 1.82) is 0 Å². The van der Waals surface area contributed by atoms with Crippen molar-refractivity contribution in [1.82, 2.24) is 9.38 Å². The maximum Gasteiger partial charge on any atom is 0.335 e. The molecule has 90 valence electrons. The first-order valence-corrected chi connectivity index (χ1v) is 5.42. The van der Waals surface area contributed by atoms with Crippen molar-refractivity contribution in [2.75, 3.05) is 0 Å². The Morgan fingerprint density at radius 3 is 2.89 bits per heavy atom. The molecule has 0 aliphatic heterocycles. The van der Waals surface area contributed by atoms with E-state index in [2.05, 4.69) is 4.98 Å². The van der Waals surface area contributed by atoms with E-state index >= 15 is 0 Å². The minimum atomic E-state index is -0.962. The predicted molar refractivity (Wildman–Crippen MR) is 64.6 cm³/mol. The summed E-state index contributed by atoms with van der Waals surface area (Å²) in [6, 6.07) is 6.77. The molecule has 0 aliphatic carbocycles. The van der Waals surface area contributed by atoms with Crippen LogP contribution in [0.5, 0.6) is 0 Å². The number of pyridine rings is 1. The highest BCUT2D eigenvalue weighted by atomic mass is 16.4. The average Bonchev–Trinajstić information content (AvgIpc) is 2.93. The molecule has 3 aromatic rings. The van der Waals surface area contributed by atoms with Crippen LogP contribution in [0.15, 0.2) is 41.1 Å². The minimum absolute atomic E-state index is 0.218. The van der Waals surface area contributed by atoms with Crippen molar-refractivity contribution >= 4 is 11.6 Å². The van der Waals surface area contributed by atoms with Gasteiger partial charge in [0, 0.05) is 12.4 Å². The number of aromatic carboxylic acids is 1. The van der Waals surface area contributed by atoms with Crippen LogP contribution in [0.1, 0.15) is 16.1 Å². The Labute approximate surface area is 102 Å². The molecule has 0 unspecified atom stereocenters. The van der Waals surface area contributed by atoms with Crippen molar-refractivity contribution in [3.8, 4) is 11.5 Å². The zero-order valence-corrected chi connectivity index (χ0v) is 9.62. The third-order valence-corrected chi connectivity index (χ3v) is 2.70. The first-order chi connectivity index (χ1) is 8.63. The number of hydrogen-bond donors (Lipinski definition) is 1. The summed E-state index contributed by atoms with van der Waals surface area (Å²) >= 11 is 0. The Bertz CT molecular complexity index is 740. The largest absolute Gasteiger partial charge is 0.478 e. The van der Waals surface area contributed by atoms with Crippen molar-refractivity contribution in [3.05, 3.63) is 48.0 Å². The molecule has 0 fully saturated rings. The highest BCUT2D eigenvalue weighted by Gasteiger charge is 2.10. The lowest BCUT2D eigenvalue weighted by Gasteiger charge is -1.94. The molecular formula is C13H10N2O3. The molecule has 0 spiro atoms. The summed E-state index contributed by atoms with van der Waals surface area (Å²) in [5.74, 6) is 0.525. The standard InChI is InChI=1S/C13H10N2O3/c1-8-2-3-11(18-8)10-7-15-5-4-9(13(16)17)6-12(15)14-10/h2-7H,1H3,(H,16,17). The Morgan fingerprint density at radius 1 is 1.39 bits per heavy atom. The molecule has 5 heteroatoms. The zero-order valence-electron chi connectivity index (χ0n) is 9.62. The van der Waals surface area contributed by atoms with Gasteiger partial charge in [-0.25, -0.2) is 9.78 Å². The fourth-order valence-corrected chi connectivity index (χ4v) is 1.81. The summed E-state index contributed by atoms with van der Waals surface area (Å²) in [4.78, 5) is 15.2. The van der Waals surface area contributed by atoms with Crippen molar-refractivity contribution in [3.63, 3.8) is 0 Å². The predicted octanol–water partition coefficient (Wildman–Crippen LogP) is 2.60. The van der Waals surface area contributed by atoms with E-state index in [0.29, 0.717) is 17.1 Å². The van der Waals surface area contributed by atoms with E-state index in [-0.39, 0.29) is 5.56 Å². The normalized spacial score (nSPS) is 10.9. The van der Waals surface area contributed by atoms with Crippen molar-refractivity contribution < 1.29 is 14.3 Å². The number of carboxylic acid groups (broad SMARTS) is 1. The van der Waals surface area contributed by atoms with Crippen molar-refractivity contribution in [2.45, 2.75) is 6.92 Å². The lowest BCUT2D eigenvalue weighted by atomic mass is 10.3. The van der Waals surface area contributed by atoms with Gasteiger partial charge in [-0.05, 0) is 31.2 Å². The molecule has 1 N–H and O–H groups in total. The monoisotopic (exact) mass is 242 g/mol. The van der Waals surface area contributed by atoms with Gasteiger partial charge >= 0.3 is 5.97 Å². The molecule has 0 saturated carbocycles. The molecular weight excluding hydrogens is 232 g/mol.